The number of nitrogens with one attached hydrogen (secondary N) is 1. The van der Waals surface area contributed by atoms with E-state index in [4.69, 9.17) is 18.9 Å². The molecular weight excluding hydrogens is 430 g/mol. The molecule has 2 aromatic carbocycles. The first-order chi connectivity index (χ1) is 15.5. The molecule has 0 bridgehead atoms. The summed E-state index contributed by atoms with van der Waals surface area (Å²) in [6, 6.07) is 12.7. The van der Waals surface area contributed by atoms with Gasteiger partial charge in [0.15, 0.2) is 11.5 Å². The van der Waals surface area contributed by atoms with Crippen molar-refractivity contribution >= 4 is 28.3 Å². The van der Waals surface area contributed by atoms with E-state index in [2.05, 4.69) is 5.32 Å². The Morgan fingerprint density at radius 3 is 2.44 bits per heavy atom. The third-order valence-corrected chi connectivity index (χ3v) is 5.57. The molecule has 0 aliphatic carbocycles. The molecule has 3 rings (SSSR count). The molecule has 3 aromatic rings. The number of para-hydroxylation sites is 1. The van der Waals surface area contributed by atoms with Crippen molar-refractivity contribution in [2.24, 2.45) is 0 Å². The van der Waals surface area contributed by atoms with Gasteiger partial charge in [0.25, 0.3) is 0 Å². The summed E-state index contributed by atoms with van der Waals surface area (Å²) in [5.41, 5.74) is 2.76. The van der Waals surface area contributed by atoms with Gasteiger partial charge in [-0.15, -0.1) is 11.3 Å². The van der Waals surface area contributed by atoms with E-state index >= 15 is 0 Å². The summed E-state index contributed by atoms with van der Waals surface area (Å²) in [5.74, 6) is 0.827. The molecule has 1 aromatic heterocycles. The lowest BCUT2D eigenvalue weighted by molar-refractivity contribution is -0.131. The molecular formula is C24H25NO6S. The first-order valence-corrected chi connectivity index (χ1v) is 10.9. The van der Waals surface area contributed by atoms with Crippen molar-refractivity contribution in [3.8, 4) is 28.4 Å². The second-order valence-corrected chi connectivity index (χ2v) is 7.58. The highest BCUT2D eigenvalue weighted by atomic mass is 32.1. The molecule has 0 atom stereocenters. The summed E-state index contributed by atoms with van der Waals surface area (Å²) >= 11 is 1.40. The van der Waals surface area contributed by atoms with Gasteiger partial charge in [0.2, 0.25) is 0 Å². The van der Waals surface area contributed by atoms with E-state index in [1.54, 1.807) is 39.3 Å². The molecule has 32 heavy (non-hydrogen) atoms. The Hall–Kier alpha value is -3.52. The third-order valence-electron chi connectivity index (χ3n) is 4.63. The molecule has 0 aliphatic rings. The number of benzene rings is 2. The van der Waals surface area contributed by atoms with Crippen LogP contribution in [-0.4, -0.2) is 32.8 Å². The largest absolute Gasteiger partial charge is 0.493 e. The lowest BCUT2D eigenvalue weighted by Crippen LogP contribution is -2.10. The third kappa shape index (κ3) is 5.20. The van der Waals surface area contributed by atoms with Crippen molar-refractivity contribution in [3.05, 3.63) is 59.0 Å². The smallest absolute Gasteiger partial charge is 0.341 e. The molecule has 0 fully saturated rings. The van der Waals surface area contributed by atoms with Crippen LogP contribution >= 0.6 is 11.3 Å². The SMILES string of the molecule is CCOC(=O)c1c(-c2ccc(OC)c(OC)c2)csc1NCc1ccccc1OC(C)=O. The zero-order valence-electron chi connectivity index (χ0n) is 18.4. The Bertz CT molecular complexity index is 1110. The zero-order chi connectivity index (χ0) is 23.1. The number of thiophene rings is 1. The maximum absolute atomic E-state index is 12.8. The van der Waals surface area contributed by atoms with Crippen LogP contribution in [0.15, 0.2) is 47.8 Å². The summed E-state index contributed by atoms with van der Waals surface area (Å²) in [6.07, 6.45) is 0. The van der Waals surface area contributed by atoms with E-state index in [1.165, 1.54) is 18.3 Å². The normalized spacial score (nSPS) is 10.4. The number of hydrogen-bond donors (Lipinski definition) is 1. The second kappa shape index (κ2) is 10.7. The van der Waals surface area contributed by atoms with Crippen LogP contribution in [0, 0.1) is 0 Å². The predicted octanol–water partition coefficient (Wildman–Crippen LogP) is 5.15. The van der Waals surface area contributed by atoms with Crippen LogP contribution in [0.1, 0.15) is 29.8 Å². The monoisotopic (exact) mass is 455 g/mol. The van der Waals surface area contributed by atoms with E-state index in [0.717, 1.165) is 16.7 Å². The molecule has 0 unspecified atom stereocenters. The van der Waals surface area contributed by atoms with Crippen molar-refractivity contribution in [1.82, 2.24) is 0 Å². The van der Waals surface area contributed by atoms with Crippen LogP contribution in [0.5, 0.6) is 17.2 Å². The molecule has 1 N–H and O–H groups in total. The predicted molar refractivity (Wildman–Crippen MR) is 124 cm³/mol. The van der Waals surface area contributed by atoms with Gasteiger partial charge in [0, 0.05) is 30.0 Å². The topological polar surface area (TPSA) is 83.1 Å². The Kier molecular flexibility index (Phi) is 7.72. The number of ether oxygens (including phenoxy) is 4. The first-order valence-electron chi connectivity index (χ1n) is 9.99. The van der Waals surface area contributed by atoms with Crippen LogP contribution in [-0.2, 0) is 16.1 Å². The quantitative estimate of drug-likeness (QED) is 0.353. The van der Waals surface area contributed by atoms with Crippen molar-refractivity contribution in [3.63, 3.8) is 0 Å². The number of hydrogen-bond acceptors (Lipinski definition) is 8. The van der Waals surface area contributed by atoms with Crippen LogP contribution in [0.3, 0.4) is 0 Å². The molecule has 0 spiro atoms. The van der Waals surface area contributed by atoms with Crippen molar-refractivity contribution < 1.29 is 28.5 Å². The number of rotatable bonds is 9. The standard InChI is InChI=1S/C24H25NO6S/c1-5-30-24(27)22-18(16-10-11-20(28-3)21(12-16)29-4)14-32-23(22)25-13-17-8-6-7-9-19(17)31-15(2)26/h6-12,14,25H,5,13H2,1-4H3. The zero-order valence-corrected chi connectivity index (χ0v) is 19.2. The number of anilines is 1. The number of carbonyl (C=O) groups is 2. The number of methoxy groups -OCH3 is 2. The van der Waals surface area contributed by atoms with Crippen LogP contribution < -0.4 is 19.5 Å². The summed E-state index contributed by atoms with van der Waals surface area (Å²) < 4.78 is 21.3. The minimum Gasteiger partial charge on any atom is -0.493 e. The maximum atomic E-state index is 12.8. The van der Waals surface area contributed by atoms with Gasteiger partial charge in [-0.25, -0.2) is 4.79 Å². The molecule has 0 saturated heterocycles. The molecule has 8 heteroatoms. The Labute approximate surface area is 190 Å². The Morgan fingerprint density at radius 1 is 1.00 bits per heavy atom. The van der Waals surface area contributed by atoms with Gasteiger partial charge in [-0.3, -0.25) is 4.79 Å². The first kappa shape index (κ1) is 23.1. The highest BCUT2D eigenvalue weighted by Gasteiger charge is 2.22. The second-order valence-electron chi connectivity index (χ2n) is 6.70. The van der Waals surface area contributed by atoms with Crippen LogP contribution in [0.25, 0.3) is 11.1 Å². The van der Waals surface area contributed by atoms with Gasteiger partial charge in [0.05, 0.1) is 20.8 Å². The van der Waals surface area contributed by atoms with E-state index in [1.807, 2.05) is 29.6 Å². The fraction of sp³-hybridized carbons (Fsp3) is 0.250. The molecule has 1 heterocycles. The number of esters is 2. The van der Waals surface area contributed by atoms with Crippen LogP contribution in [0.2, 0.25) is 0 Å². The lowest BCUT2D eigenvalue weighted by atomic mass is 10.0. The maximum Gasteiger partial charge on any atom is 0.341 e. The Morgan fingerprint density at radius 2 is 1.75 bits per heavy atom. The fourth-order valence-electron chi connectivity index (χ4n) is 3.19. The molecule has 0 amide bonds. The van der Waals surface area contributed by atoms with Crippen molar-refractivity contribution in [2.45, 2.75) is 20.4 Å². The van der Waals surface area contributed by atoms with E-state index in [-0.39, 0.29) is 6.61 Å². The summed E-state index contributed by atoms with van der Waals surface area (Å²) in [6.45, 7) is 3.75. The average molecular weight is 456 g/mol. The molecule has 0 radical (unpaired) electrons. The van der Waals surface area contributed by atoms with Gasteiger partial charge >= 0.3 is 11.9 Å². The minimum atomic E-state index is -0.422. The van der Waals surface area contributed by atoms with Crippen LogP contribution in [0.4, 0.5) is 5.00 Å². The van der Waals surface area contributed by atoms with Gasteiger partial charge in [-0.2, -0.15) is 0 Å². The fourth-order valence-corrected chi connectivity index (χ4v) is 4.15. The molecule has 168 valence electrons. The molecule has 0 aliphatic heterocycles. The van der Waals surface area contributed by atoms with Gasteiger partial charge in [-0.1, -0.05) is 24.3 Å². The van der Waals surface area contributed by atoms with Gasteiger partial charge in [0.1, 0.15) is 16.3 Å². The summed E-state index contributed by atoms with van der Waals surface area (Å²) in [7, 11) is 3.14. The number of carbonyl (C=O) groups excluding carboxylic acids is 2. The molecule has 7 nitrogen and oxygen atoms in total. The van der Waals surface area contributed by atoms with E-state index in [0.29, 0.717) is 34.4 Å². The van der Waals surface area contributed by atoms with E-state index in [9.17, 15) is 9.59 Å². The molecule has 0 saturated carbocycles. The average Bonchev–Trinajstić information content (AvgIpc) is 3.22. The van der Waals surface area contributed by atoms with Crippen molar-refractivity contribution in [1.29, 1.82) is 0 Å². The highest BCUT2D eigenvalue weighted by Crippen LogP contribution is 2.40. The Balaban J connectivity index is 1.96. The lowest BCUT2D eigenvalue weighted by Gasteiger charge is -2.13. The minimum absolute atomic E-state index is 0.259. The van der Waals surface area contributed by atoms with E-state index < -0.39 is 11.9 Å². The summed E-state index contributed by atoms with van der Waals surface area (Å²) in [4.78, 5) is 24.2. The van der Waals surface area contributed by atoms with Gasteiger partial charge in [-0.05, 0) is 30.7 Å². The highest BCUT2D eigenvalue weighted by molar-refractivity contribution is 7.15. The summed E-state index contributed by atoms with van der Waals surface area (Å²) in [5, 5.41) is 5.85. The van der Waals surface area contributed by atoms with Gasteiger partial charge < -0.3 is 24.3 Å². The van der Waals surface area contributed by atoms with Crippen molar-refractivity contribution in [2.75, 3.05) is 26.1 Å².